The molecule has 0 spiro atoms. The van der Waals surface area contributed by atoms with Gasteiger partial charge in [0, 0.05) is 19.3 Å². The van der Waals surface area contributed by atoms with Gasteiger partial charge in [0.25, 0.3) is 5.56 Å². The summed E-state index contributed by atoms with van der Waals surface area (Å²) in [5.41, 5.74) is -0.147. The van der Waals surface area contributed by atoms with E-state index in [0.717, 1.165) is 5.56 Å². The van der Waals surface area contributed by atoms with Crippen molar-refractivity contribution >= 4 is 0 Å². The number of hydrogen-bond acceptors (Lipinski definition) is 4. The van der Waals surface area contributed by atoms with E-state index in [0.29, 0.717) is 19.6 Å². The molecule has 0 aliphatic carbocycles. The molecule has 0 saturated carbocycles. The Balaban J connectivity index is 1.88. The Hall–Kier alpha value is -2.65. The Morgan fingerprint density at radius 2 is 2.05 bits per heavy atom. The van der Waals surface area contributed by atoms with Crippen LogP contribution in [0.1, 0.15) is 30.6 Å². The van der Waals surface area contributed by atoms with Crippen molar-refractivity contribution in [2.45, 2.75) is 26.0 Å². The Morgan fingerprint density at radius 3 is 2.73 bits per heavy atom. The number of ether oxygens (including phenoxy) is 1. The molecule has 1 heterocycles. The van der Waals surface area contributed by atoms with E-state index >= 15 is 0 Å². The number of rotatable bonds is 6. The zero-order chi connectivity index (χ0) is 15.9. The van der Waals surface area contributed by atoms with Gasteiger partial charge in [-0.2, -0.15) is 5.26 Å². The average Bonchev–Trinajstić information content (AvgIpc) is 2.53. The van der Waals surface area contributed by atoms with Gasteiger partial charge in [0.2, 0.25) is 0 Å². The quantitative estimate of drug-likeness (QED) is 0.820. The third-order valence-electron chi connectivity index (χ3n) is 3.31. The molecule has 1 atom stereocenters. The van der Waals surface area contributed by atoms with Gasteiger partial charge in [-0.1, -0.05) is 30.3 Å². The van der Waals surface area contributed by atoms with Crippen molar-refractivity contribution in [1.82, 2.24) is 9.55 Å². The van der Waals surface area contributed by atoms with Gasteiger partial charge < -0.3 is 4.74 Å². The maximum Gasteiger partial charge on any atom is 0.328 e. The van der Waals surface area contributed by atoms with Gasteiger partial charge in [0.15, 0.2) is 0 Å². The third-order valence-corrected chi connectivity index (χ3v) is 3.31. The Bertz CT molecular complexity index is 772. The van der Waals surface area contributed by atoms with Crippen LogP contribution in [-0.2, 0) is 11.3 Å². The number of hydrogen-bond donors (Lipinski definition) is 1. The lowest BCUT2D eigenvalue weighted by Crippen LogP contribution is -2.31. The molecule has 0 radical (unpaired) electrons. The summed E-state index contributed by atoms with van der Waals surface area (Å²) in [4.78, 5) is 25.0. The first-order valence-electron chi connectivity index (χ1n) is 7.02. The van der Waals surface area contributed by atoms with E-state index in [1.54, 1.807) is 6.07 Å². The first kappa shape index (κ1) is 15.7. The Kier molecular flexibility index (Phi) is 5.28. The molecule has 114 valence electrons. The zero-order valence-corrected chi connectivity index (χ0v) is 12.3. The first-order chi connectivity index (χ1) is 10.6. The molecule has 22 heavy (non-hydrogen) atoms. The summed E-state index contributed by atoms with van der Waals surface area (Å²) in [6.45, 7) is 2.82. The molecule has 0 bridgehead atoms. The summed E-state index contributed by atoms with van der Waals surface area (Å²) < 4.78 is 7.03. The number of nitrogens with zero attached hydrogens (tertiary/aromatic N) is 2. The summed E-state index contributed by atoms with van der Waals surface area (Å²) in [6.07, 6.45) is 1.86. The molecular weight excluding hydrogens is 282 g/mol. The molecule has 2 rings (SSSR count). The van der Waals surface area contributed by atoms with Crippen molar-refractivity contribution in [3.63, 3.8) is 0 Å². The Morgan fingerprint density at radius 1 is 1.32 bits per heavy atom. The van der Waals surface area contributed by atoms with E-state index < -0.39 is 11.2 Å². The molecule has 0 saturated heterocycles. The minimum absolute atomic E-state index is 0.0248. The summed E-state index contributed by atoms with van der Waals surface area (Å²) in [7, 11) is 0. The second-order valence-electron chi connectivity index (χ2n) is 4.88. The van der Waals surface area contributed by atoms with Crippen LogP contribution in [0.3, 0.4) is 0 Å². The van der Waals surface area contributed by atoms with Crippen molar-refractivity contribution in [1.29, 1.82) is 5.26 Å². The summed E-state index contributed by atoms with van der Waals surface area (Å²) in [6, 6.07) is 11.6. The van der Waals surface area contributed by atoms with Gasteiger partial charge in [-0.3, -0.25) is 14.3 Å². The van der Waals surface area contributed by atoms with Crippen molar-refractivity contribution in [2.24, 2.45) is 0 Å². The SMILES string of the molecule is C[C@@H](OCCCn1cc(C#N)c(=O)[nH]c1=O)c1ccccc1. The van der Waals surface area contributed by atoms with Crippen molar-refractivity contribution < 1.29 is 4.74 Å². The molecule has 0 aliphatic rings. The zero-order valence-electron chi connectivity index (χ0n) is 12.3. The standard InChI is InChI=1S/C16H17N3O3/c1-12(13-6-3-2-4-7-13)22-9-5-8-19-11-14(10-17)15(20)18-16(19)21/h2-4,6-7,11-12H,5,8-9H2,1H3,(H,18,20,21)/t12-/m1/s1. The van der Waals surface area contributed by atoms with Crippen LogP contribution < -0.4 is 11.2 Å². The fourth-order valence-electron chi connectivity index (χ4n) is 2.07. The van der Waals surface area contributed by atoms with Crippen LogP contribution in [0.2, 0.25) is 0 Å². The molecule has 1 aromatic heterocycles. The number of aromatic amines is 1. The second-order valence-corrected chi connectivity index (χ2v) is 4.88. The van der Waals surface area contributed by atoms with Gasteiger partial charge in [0.1, 0.15) is 11.6 Å². The first-order valence-corrected chi connectivity index (χ1v) is 7.02. The lowest BCUT2D eigenvalue weighted by atomic mass is 10.1. The number of aromatic nitrogens is 2. The number of benzene rings is 1. The lowest BCUT2D eigenvalue weighted by Gasteiger charge is -2.13. The number of aryl methyl sites for hydroxylation is 1. The maximum atomic E-state index is 11.6. The smallest absolute Gasteiger partial charge is 0.328 e. The second kappa shape index (κ2) is 7.38. The largest absolute Gasteiger partial charge is 0.374 e. The number of nitrogens with one attached hydrogen (secondary N) is 1. The monoisotopic (exact) mass is 299 g/mol. The van der Waals surface area contributed by atoms with E-state index in [9.17, 15) is 9.59 Å². The average molecular weight is 299 g/mol. The van der Waals surface area contributed by atoms with Crippen LogP contribution in [0.5, 0.6) is 0 Å². The van der Waals surface area contributed by atoms with Crippen LogP contribution in [-0.4, -0.2) is 16.2 Å². The van der Waals surface area contributed by atoms with Gasteiger partial charge >= 0.3 is 5.69 Å². The van der Waals surface area contributed by atoms with Crippen molar-refractivity contribution in [3.05, 3.63) is 68.5 Å². The van der Waals surface area contributed by atoms with E-state index in [1.807, 2.05) is 37.3 Å². The molecule has 0 unspecified atom stereocenters. The fourth-order valence-corrected chi connectivity index (χ4v) is 2.07. The van der Waals surface area contributed by atoms with E-state index in [1.165, 1.54) is 10.8 Å². The van der Waals surface area contributed by atoms with E-state index in [-0.39, 0.29) is 11.7 Å². The third kappa shape index (κ3) is 3.93. The molecule has 0 amide bonds. The predicted molar refractivity (Wildman–Crippen MR) is 81.5 cm³/mol. The summed E-state index contributed by atoms with van der Waals surface area (Å²) in [5, 5.41) is 8.79. The highest BCUT2D eigenvalue weighted by Crippen LogP contribution is 2.15. The topological polar surface area (TPSA) is 87.9 Å². The van der Waals surface area contributed by atoms with E-state index in [4.69, 9.17) is 10.00 Å². The highest BCUT2D eigenvalue weighted by Gasteiger charge is 2.06. The van der Waals surface area contributed by atoms with Crippen LogP contribution in [0, 0.1) is 11.3 Å². The molecule has 6 heteroatoms. The van der Waals surface area contributed by atoms with E-state index in [2.05, 4.69) is 4.98 Å². The normalized spacial score (nSPS) is 11.8. The molecule has 1 aromatic carbocycles. The molecule has 6 nitrogen and oxygen atoms in total. The summed E-state index contributed by atoms with van der Waals surface area (Å²) in [5.74, 6) is 0. The minimum atomic E-state index is -0.655. The van der Waals surface area contributed by atoms with Crippen LogP contribution in [0.15, 0.2) is 46.1 Å². The maximum absolute atomic E-state index is 11.6. The van der Waals surface area contributed by atoms with Gasteiger partial charge in [0.05, 0.1) is 6.10 Å². The lowest BCUT2D eigenvalue weighted by molar-refractivity contribution is 0.0618. The summed E-state index contributed by atoms with van der Waals surface area (Å²) >= 11 is 0. The molecule has 0 aliphatic heterocycles. The number of nitriles is 1. The van der Waals surface area contributed by atoms with Crippen LogP contribution >= 0.6 is 0 Å². The van der Waals surface area contributed by atoms with Crippen molar-refractivity contribution in [2.75, 3.05) is 6.61 Å². The molecule has 1 N–H and O–H groups in total. The highest BCUT2D eigenvalue weighted by atomic mass is 16.5. The Labute approximate surface area is 127 Å². The van der Waals surface area contributed by atoms with Gasteiger partial charge in [-0.05, 0) is 18.9 Å². The predicted octanol–water partition coefficient (Wildman–Crippen LogP) is 1.58. The molecule has 0 fully saturated rings. The van der Waals surface area contributed by atoms with Gasteiger partial charge in [-0.15, -0.1) is 0 Å². The van der Waals surface area contributed by atoms with Crippen molar-refractivity contribution in [3.8, 4) is 6.07 Å². The number of H-pyrrole nitrogens is 1. The fraction of sp³-hybridized carbons (Fsp3) is 0.312. The minimum Gasteiger partial charge on any atom is -0.374 e. The van der Waals surface area contributed by atoms with Gasteiger partial charge in [-0.25, -0.2) is 4.79 Å². The molecule has 2 aromatic rings. The highest BCUT2D eigenvalue weighted by molar-refractivity contribution is 5.21. The molecular formula is C16H17N3O3. The van der Waals surface area contributed by atoms with Crippen LogP contribution in [0.4, 0.5) is 0 Å². The van der Waals surface area contributed by atoms with Crippen LogP contribution in [0.25, 0.3) is 0 Å².